The van der Waals surface area contributed by atoms with E-state index in [1.165, 1.54) is 14.2 Å². The summed E-state index contributed by atoms with van der Waals surface area (Å²) in [6.07, 6.45) is 1.55. The number of carbonyl (C=O) groups is 1. The minimum atomic E-state index is -0.286. The first kappa shape index (κ1) is 25.1. The molecule has 0 bridgehead atoms. The second-order valence-corrected chi connectivity index (χ2v) is 9.36. The molecular weight excluding hydrogens is 517 g/mol. The molecule has 1 saturated heterocycles. The Morgan fingerprint density at radius 1 is 1.03 bits per heavy atom. The summed E-state index contributed by atoms with van der Waals surface area (Å²) in [7, 11) is 5.11. The van der Waals surface area contributed by atoms with Crippen LogP contribution in [-0.4, -0.2) is 78.4 Å². The number of hydrogen-bond acceptors (Lipinski definition) is 8. The number of likely N-dealkylation sites (N-methyl/N-ethyl adjacent to an activating group) is 1. The molecule has 3 heterocycles. The minimum Gasteiger partial charge on any atom is -0.495 e. The summed E-state index contributed by atoms with van der Waals surface area (Å²) in [5.74, 6) is 1.03. The van der Waals surface area contributed by atoms with Crippen molar-refractivity contribution in [2.45, 2.75) is 0 Å². The van der Waals surface area contributed by atoms with E-state index in [0.29, 0.717) is 39.5 Å². The van der Waals surface area contributed by atoms with E-state index in [-0.39, 0.29) is 21.8 Å². The zero-order valence-electron chi connectivity index (χ0n) is 20.5. The Hall–Kier alpha value is -3.60. The van der Waals surface area contributed by atoms with E-state index < -0.39 is 0 Å². The van der Waals surface area contributed by atoms with Gasteiger partial charge in [0.25, 0.3) is 5.91 Å². The number of fused-ring (bicyclic) bond motifs is 1. The maximum atomic E-state index is 12.9. The number of methoxy groups -OCH3 is 2. The van der Waals surface area contributed by atoms with Crippen LogP contribution in [0.15, 0.2) is 36.5 Å². The summed E-state index contributed by atoms with van der Waals surface area (Å²) < 4.78 is 10.7. The van der Waals surface area contributed by atoms with Crippen molar-refractivity contribution in [2.75, 3.05) is 57.7 Å². The number of ether oxygens (including phenoxy) is 2. The van der Waals surface area contributed by atoms with E-state index in [1.54, 1.807) is 12.3 Å². The summed E-state index contributed by atoms with van der Waals surface area (Å²) in [6.45, 7) is 3.95. The second-order valence-electron chi connectivity index (χ2n) is 8.60. The number of halogens is 2. The highest BCUT2D eigenvalue weighted by molar-refractivity contribution is 6.40. The van der Waals surface area contributed by atoms with Gasteiger partial charge in [-0.25, -0.2) is 9.97 Å². The van der Waals surface area contributed by atoms with Gasteiger partial charge >= 0.3 is 0 Å². The first-order valence-corrected chi connectivity index (χ1v) is 12.3. The number of benzene rings is 2. The predicted octanol–water partition coefficient (Wildman–Crippen LogP) is 4.35. The second kappa shape index (κ2) is 10.4. The fourth-order valence-electron chi connectivity index (χ4n) is 4.18. The summed E-state index contributed by atoms with van der Waals surface area (Å²) in [6, 6.07) is 9.15. The summed E-state index contributed by atoms with van der Waals surface area (Å²) >= 11 is 13.0. The lowest BCUT2D eigenvalue weighted by atomic mass is 10.1. The van der Waals surface area contributed by atoms with Crippen LogP contribution in [0.1, 0.15) is 10.4 Å². The maximum Gasteiger partial charge on any atom is 0.256 e. The fourth-order valence-corrected chi connectivity index (χ4v) is 4.84. The van der Waals surface area contributed by atoms with Gasteiger partial charge in [-0.15, -0.1) is 0 Å². The van der Waals surface area contributed by atoms with Gasteiger partial charge in [0.05, 0.1) is 35.2 Å². The third-order valence-electron chi connectivity index (χ3n) is 6.34. The lowest BCUT2D eigenvalue weighted by Crippen LogP contribution is -2.44. The number of H-pyrrole nitrogens is 1. The number of piperazine rings is 1. The number of rotatable bonds is 6. The first-order chi connectivity index (χ1) is 17.9. The standard InChI is InChI=1S/C25H25Cl2N7O3/c1-33-8-10-34(11-9-33)15-6-4-14(5-7-15)25(35)30-23-16-13-28-24(29-22(16)31-32-23)19-20(26)17(36-2)12-18(37-3)21(19)27/h4-7,12-13H,8-11H2,1-3H3,(H2,28,29,30,31,32,35). The van der Waals surface area contributed by atoms with Crippen LogP contribution in [0.5, 0.6) is 11.5 Å². The third kappa shape index (κ3) is 4.87. The Morgan fingerprint density at radius 3 is 2.30 bits per heavy atom. The van der Waals surface area contributed by atoms with Gasteiger partial charge in [0.2, 0.25) is 0 Å². The summed E-state index contributed by atoms with van der Waals surface area (Å²) in [5.41, 5.74) is 2.39. The fraction of sp³-hybridized carbons (Fsp3) is 0.280. The van der Waals surface area contributed by atoms with Gasteiger partial charge in [0, 0.05) is 49.7 Å². The van der Waals surface area contributed by atoms with Gasteiger partial charge in [0.15, 0.2) is 17.3 Å². The summed E-state index contributed by atoms with van der Waals surface area (Å²) in [4.78, 5) is 26.5. The Kier molecular flexibility index (Phi) is 7.05. The largest absolute Gasteiger partial charge is 0.495 e. The number of aromatic nitrogens is 4. The maximum absolute atomic E-state index is 12.9. The number of nitrogens with one attached hydrogen (secondary N) is 2. The van der Waals surface area contributed by atoms with Crippen LogP contribution < -0.4 is 19.7 Å². The lowest BCUT2D eigenvalue weighted by molar-refractivity contribution is 0.102. The van der Waals surface area contributed by atoms with Crippen molar-refractivity contribution >= 4 is 51.6 Å². The molecule has 1 amide bonds. The van der Waals surface area contributed by atoms with Gasteiger partial charge in [-0.05, 0) is 31.3 Å². The highest BCUT2D eigenvalue weighted by atomic mass is 35.5. The Bertz CT molecular complexity index is 1420. The molecule has 0 aliphatic carbocycles. The molecule has 0 spiro atoms. The first-order valence-electron chi connectivity index (χ1n) is 11.6. The molecule has 0 unspecified atom stereocenters. The molecule has 5 rings (SSSR count). The topological polar surface area (TPSA) is 109 Å². The lowest BCUT2D eigenvalue weighted by Gasteiger charge is -2.34. The van der Waals surface area contributed by atoms with E-state index in [2.05, 4.69) is 42.3 Å². The molecule has 10 nitrogen and oxygen atoms in total. The molecule has 2 aromatic carbocycles. The van der Waals surface area contributed by atoms with Crippen LogP contribution in [0.3, 0.4) is 0 Å². The molecule has 0 radical (unpaired) electrons. The molecule has 2 N–H and O–H groups in total. The van der Waals surface area contributed by atoms with Crippen molar-refractivity contribution in [3.05, 3.63) is 52.1 Å². The Balaban J connectivity index is 1.37. The summed E-state index contributed by atoms with van der Waals surface area (Å²) in [5, 5.41) is 10.9. The zero-order valence-corrected chi connectivity index (χ0v) is 22.0. The number of anilines is 2. The molecule has 2 aromatic heterocycles. The van der Waals surface area contributed by atoms with Gasteiger partial charge in [-0.1, -0.05) is 23.2 Å². The molecule has 37 heavy (non-hydrogen) atoms. The van der Waals surface area contributed by atoms with Gasteiger partial charge in [-0.3, -0.25) is 9.89 Å². The SMILES string of the molecule is COc1cc(OC)c(Cl)c(-c2ncc3c(NC(=O)c4ccc(N5CCN(C)CC5)cc4)n[nH]c3n2)c1Cl. The van der Waals surface area contributed by atoms with Crippen LogP contribution >= 0.6 is 23.2 Å². The van der Waals surface area contributed by atoms with Gasteiger partial charge < -0.3 is 24.6 Å². The Labute approximate surface area is 223 Å². The molecule has 4 aromatic rings. The molecule has 1 aliphatic heterocycles. The van der Waals surface area contributed by atoms with Crippen LogP contribution in [0.25, 0.3) is 22.4 Å². The number of nitrogens with zero attached hydrogens (tertiary/aromatic N) is 5. The van der Waals surface area contributed by atoms with Crippen molar-refractivity contribution in [1.29, 1.82) is 0 Å². The van der Waals surface area contributed by atoms with E-state index in [9.17, 15) is 4.79 Å². The predicted molar refractivity (Wildman–Crippen MR) is 144 cm³/mol. The number of aromatic amines is 1. The third-order valence-corrected chi connectivity index (χ3v) is 7.10. The van der Waals surface area contributed by atoms with E-state index in [1.807, 2.05) is 24.3 Å². The minimum absolute atomic E-state index is 0.251. The van der Waals surface area contributed by atoms with E-state index >= 15 is 0 Å². The molecular formula is C25H25Cl2N7O3. The normalized spacial score (nSPS) is 14.1. The van der Waals surface area contributed by atoms with Gasteiger partial charge in [0.1, 0.15) is 11.5 Å². The molecule has 1 fully saturated rings. The number of carbonyl (C=O) groups excluding carboxylic acids is 1. The zero-order chi connectivity index (χ0) is 26.1. The molecule has 0 saturated carbocycles. The van der Waals surface area contributed by atoms with Crippen molar-refractivity contribution in [1.82, 2.24) is 25.1 Å². The highest BCUT2D eigenvalue weighted by Gasteiger charge is 2.22. The molecule has 0 atom stereocenters. The quantitative estimate of drug-likeness (QED) is 0.371. The van der Waals surface area contributed by atoms with Gasteiger partial charge in [-0.2, -0.15) is 5.10 Å². The Morgan fingerprint density at radius 2 is 1.68 bits per heavy atom. The van der Waals surface area contributed by atoms with E-state index in [4.69, 9.17) is 32.7 Å². The molecule has 1 aliphatic rings. The highest BCUT2D eigenvalue weighted by Crippen LogP contribution is 2.45. The van der Waals surface area contributed by atoms with E-state index in [0.717, 1.165) is 31.9 Å². The van der Waals surface area contributed by atoms with Crippen molar-refractivity contribution in [3.63, 3.8) is 0 Å². The molecule has 192 valence electrons. The van der Waals surface area contributed by atoms with Crippen LogP contribution in [0, 0.1) is 0 Å². The number of amides is 1. The van der Waals surface area contributed by atoms with Crippen LogP contribution in [0.4, 0.5) is 11.5 Å². The van der Waals surface area contributed by atoms with Crippen molar-refractivity contribution < 1.29 is 14.3 Å². The van der Waals surface area contributed by atoms with Crippen molar-refractivity contribution in [3.8, 4) is 22.9 Å². The average Bonchev–Trinajstić information content (AvgIpc) is 3.31. The smallest absolute Gasteiger partial charge is 0.256 e. The molecule has 12 heteroatoms. The monoisotopic (exact) mass is 541 g/mol. The van der Waals surface area contributed by atoms with Crippen molar-refractivity contribution in [2.24, 2.45) is 0 Å². The van der Waals surface area contributed by atoms with Crippen LogP contribution in [-0.2, 0) is 0 Å². The number of hydrogen-bond donors (Lipinski definition) is 2. The van der Waals surface area contributed by atoms with Crippen LogP contribution in [0.2, 0.25) is 10.0 Å². The average molecular weight is 542 g/mol.